The summed E-state index contributed by atoms with van der Waals surface area (Å²) in [5, 5.41) is 8.47. The largest absolute Gasteiger partial charge is 0.353 e. The van der Waals surface area contributed by atoms with Crippen LogP contribution in [0.3, 0.4) is 0 Å². The molecule has 3 rings (SSSR count). The molecule has 0 aromatic carbocycles. The van der Waals surface area contributed by atoms with Crippen LogP contribution in [0.25, 0.3) is 0 Å². The molecule has 2 aliphatic rings. The fourth-order valence-electron chi connectivity index (χ4n) is 3.33. The van der Waals surface area contributed by atoms with E-state index in [9.17, 15) is 0 Å². The van der Waals surface area contributed by atoms with Crippen LogP contribution in [-0.2, 0) is 0 Å². The van der Waals surface area contributed by atoms with Gasteiger partial charge >= 0.3 is 0 Å². The zero-order valence-corrected chi connectivity index (χ0v) is 15.3. The number of aryl methyl sites for hydroxylation is 1. The second kappa shape index (κ2) is 9.18. The van der Waals surface area contributed by atoms with Crippen LogP contribution in [0, 0.1) is 12.8 Å². The zero-order chi connectivity index (χ0) is 16.7. The molecule has 0 spiro atoms. The minimum atomic E-state index is 0.895. The number of hydrogen-bond acceptors (Lipinski definition) is 5. The van der Waals surface area contributed by atoms with Gasteiger partial charge in [0.1, 0.15) is 0 Å². The summed E-state index contributed by atoms with van der Waals surface area (Å²) < 4.78 is 0. The summed E-state index contributed by atoms with van der Waals surface area (Å²) in [4.78, 5) is 7.44. The van der Waals surface area contributed by atoms with E-state index in [2.05, 4.69) is 38.0 Å². The number of likely N-dealkylation sites (tertiary alicyclic amines) is 1. The highest BCUT2D eigenvalue weighted by Gasteiger charge is 2.23. The van der Waals surface area contributed by atoms with Crippen molar-refractivity contribution in [3.8, 4) is 0 Å². The van der Waals surface area contributed by atoms with E-state index < -0.39 is 0 Å². The van der Waals surface area contributed by atoms with Gasteiger partial charge in [0.25, 0.3) is 0 Å². The molecule has 0 radical (unpaired) electrons. The molecule has 2 fully saturated rings. The van der Waals surface area contributed by atoms with Gasteiger partial charge in [-0.15, -0.1) is 5.10 Å². The lowest BCUT2D eigenvalue weighted by Gasteiger charge is -2.38. The van der Waals surface area contributed by atoms with Gasteiger partial charge in [-0.1, -0.05) is 13.8 Å². The maximum atomic E-state index is 4.30. The number of rotatable bonds is 3. The predicted molar refractivity (Wildman–Crippen MR) is 97.0 cm³/mol. The van der Waals surface area contributed by atoms with Crippen LogP contribution < -0.4 is 4.90 Å². The Morgan fingerprint density at radius 3 is 2.17 bits per heavy atom. The van der Waals surface area contributed by atoms with Crippen molar-refractivity contribution < 1.29 is 0 Å². The van der Waals surface area contributed by atoms with Gasteiger partial charge in [-0.25, -0.2) is 0 Å². The summed E-state index contributed by atoms with van der Waals surface area (Å²) >= 11 is 0. The topological polar surface area (TPSA) is 35.5 Å². The smallest absolute Gasteiger partial charge is 0.151 e. The third-order valence-corrected chi connectivity index (χ3v) is 4.83. The molecule has 130 valence electrons. The third kappa shape index (κ3) is 5.43. The molecule has 3 heterocycles. The summed E-state index contributed by atoms with van der Waals surface area (Å²) in [5.41, 5.74) is 0.986. The second-order valence-corrected chi connectivity index (χ2v) is 6.57. The maximum Gasteiger partial charge on any atom is 0.151 e. The highest BCUT2D eigenvalue weighted by molar-refractivity contribution is 5.37. The van der Waals surface area contributed by atoms with E-state index in [-0.39, 0.29) is 0 Å². The third-order valence-electron chi connectivity index (χ3n) is 4.83. The normalized spacial score (nSPS) is 21.0. The first-order valence-corrected chi connectivity index (χ1v) is 9.17. The monoisotopic (exact) mass is 319 g/mol. The number of piperidine rings is 1. The van der Waals surface area contributed by atoms with Crippen LogP contribution in [0.15, 0.2) is 12.1 Å². The standard InChI is InChI=1S/C16H27N5.C2H6/c1-14-3-4-16(18-17-14)21-11-9-20(10-12-21)13-15-5-7-19(2)8-6-15;1-2/h3-4,15H,5-13H2,1-2H3;1-2H3. The van der Waals surface area contributed by atoms with Gasteiger partial charge in [0.2, 0.25) is 0 Å². The quantitative estimate of drug-likeness (QED) is 0.854. The Bertz CT molecular complexity index is 431. The molecule has 0 bridgehead atoms. The van der Waals surface area contributed by atoms with E-state index in [0.717, 1.165) is 43.6 Å². The van der Waals surface area contributed by atoms with E-state index in [1.807, 2.05) is 26.8 Å². The summed E-state index contributed by atoms with van der Waals surface area (Å²) in [5.74, 6) is 1.92. The molecular weight excluding hydrogens is 286 g/mol. The first-order valence-electron chi connectivity index (χ1n) is 9.17. The summed E-state index contributed by atoms with van der Waals surface area (Å²) in [7, 11) is 2.23. The maximum absolute atomic E-state index is 4.30. The van der Waals surface area contributed by atoms with Crippen molar-refractivity contribution in [2.75, 3.05) is 57.8 Å². The molecule has 0 amide bonds. The molecule has 5 heteroatoms. The van der Waals surface area contributed by atoms with E-state index in [0.29, 0.717) is 0 Å². The van der Waals surface area contributed by atoms with E-state index in [1.165, 1.54) is 32.5 Å². The Morgan fingerprint density at radius 1 is 0.957 bits per heavy atom. The fourth-order valence-corrected chi connectivity index (χ4v) is 3.33. The number of aromatic nitrogens is 2. The summed E-state index contributed by atoms with van der Waals surface area (Å²) in [6.07, 6.45) is 2.72. The van der Waals surface area contributed by atoms with Crippen LogP contribution in [0.2, 0.25) is 0 Å². The highest BCUT2D eigenvalue weighted by Crippen LogP contribution is 2.19. The molecule has 0 N–H and O–H groups in total. The Balaban J connectivity index is 0.000000924. The lowest BCUT2D eigenvalue weighted by Crippen LogP contribution is -2.49. The lowest BCUT2D eigenvalue weighted by molar-refractivity contribution is 0.155. The minimum Gasteiger partial charge on any atom is -0.353 e. The number of piperazine rings is 1. The molecule has 0 atom stereocenters. The van der Waals surface area contributed by atoms with Crippen molar-refractivity contribution in [1.29, 1.82) is 0 Å². The minimum absolute atomic E-state index is 0.895. The first kappa shape index (κ1) is 18.1. The number of anilines is 1. The van der Waals surface area contributed by atoms with Gasteiger partial charge in [0.15, 0.2) is 5.82 Å². The Labute approximate surface area is 141 Å². The number of nitrogens with zero attached hydrogens (tertiary/aromatic N) is 5. The van der Waals surface area contributed by atoms with Gasteiger partial charge in [0, 0.05) is 32.7 Å². The van der Waals surface area contributed by atoms with Crippen molar-refractivity contribution in [3.05, 3.63) is 17.8 Å². The van der Waals surface area contributed by atoms with Crippen LogP contribution in [0.4, 0.5) is 5.82 Å². The summed E-state index contributed by atoms with van der Waals surface area (Å²) in [6, 6.07) is 4.14. The van der Waals surface area contributed by atoms with Gasteiger partial charge in [-0.3, -0.25) is 4.90 Å². The molecule has 2 saturated heterocycles. The van der Waals surface area contributed by atoms with Crippen molar-refractivity contribution in [1.82, 2.24) is 20.0 Å². The second-order valence-electron chi connectivity index (χ2n) is 6.57. The molecular formula is C18H33N5. The molecule has 1 aromatic heterocycles. The predicted octanol–water partition coefficient (Wildman–Crippen LogP) is 2.28. The van der Waals surface area contributed by atoms with E-state index >= 15 is 0 Å². The molecule has 0 saturated carbocycles. The Hall–Kier alpha value is -1.20. The van der Waals surface area contributed by atoms with Gasteiger partial charge < -0.3 is 9.80 Å². The SMILES string of the molecule is CC.Cc1ccc(N2CCN(CC3CCN(C)CC3)CC2)nn1. The van der Waals surface area contributed by atoms with Gasteiger partial charge in [0.05, 0.1) is 5.69 Å². The highest BCUT2D eigenvalue weighted by atomic mass is 15.3. The van der Waals surface area contributed by atoms with E-state index in [1.54, 1.807) is 0 Å². The average Bonchev–Trinajstić information content (AvgIpc) is 2.60. The van der Waals surface area contributed by atoms with Crippen molar-refractivity contribution in [2.24, 2.45) is 5.92 Å². The van der Waals surface area contributed by atoms with Crippen molar-refractivity contribution >= 4 is 5.82 Å². The Kier molecular flexibility index (Phi) is 7.24. The fraction of sp³-hybridized carbons (Fsp3) is 0.778. The molecule has 1 aromatic rings. The summed E-state index contributed by atoms with van der Waals surface area (Å²) in [6.45, 7) is 14.3. The van der Waals surface area contributed by atoms with Crippen molar-refractivity contribution in [3.63, 3.8) is 0 Å². The first-order chi connectivity index (χ1) is 11.2. The molecule has 0 aliphatic carbocycles. The molecule has 5 nitrogen and oxygen atoms in total. The molecule has 23 heavy (non-hydrogen) atoms. The van der Waals surface area contributed by atoms with Crippen LogP contribution in [0.5, 0.6) is 0 Å². The van der Waals surface area contributed by atoms with Crippen molar-refractivity contribution in [2.45, 2.75) is 33.6 Å². The van der Waals surface area contributed by atoms with Gasteiger partial charge in [-0.05, 0) is 58.0 Å². The Morgan fingerprint density at radius 2 is 1.61 bits per heavy atom. The van der Waals surface area contributed by atoms with Crippen LogP contribution >= 0.6 is 0 Å². The zero-order valence-electron chi connectivity index (χ0n) is 15.3. The number of hydrogen-bond donors (Lipinski definition) is 0. The lowest BCUT2D eigenvalue weighted by atomic mass is 9.96. The average molecular weight is 319 g/mol. The van der Waals surface area contributed by atoms with Crippen LogP contribution in [0.1, 0.15) is 32.4 Å². The van der Waals surface area contributed by atoms with Crippen LogP contribution in [-0.4, -0.2) is 72.9 Å². The molecule has 2 aliphatic heterocycles. The molecule has 0 unspecified atom stereocenters. The van der Waals surface area contributed by atoms with E-state index in [4.69, 9.17) is 0 Å². The van der Waals surface area contributed by atoms with Gasteiger partial charge in [-0.2, -0.15) is 5.10 Å².